The molecule has 0 bridgehead atoms. The van der Waals surface area contributed by atoms with E-state index in [2.05, 4.69) is 27.1 Å². The van der Waals surface area contributed by atoms with E-state index in [0.29, 0.717) is 5.96 Å². The molecule has 1 aliphatic rings. The summed E-state index contributed by atoms with van der Waals surface area (Å²) in [5.74, 6) is 0.536. The van der Waals surface area contributed by atoms with Gasteiger partial charge < -0.3 is 15.8 Å². The van der Waals surface area contributed by atoms with Crippen LogP contribution in [0.1, 0.15) is 23.2 Å². The number of nitrogens with zero attached hydrogens (tertiary/aromatic N) is 3. The molecule has 1 aromatic rings. The number of halogens is 1. The lowest BCUT2D eigenvalue weighted by atomic mass is 10.3. The summed E-state index contributed by atoms with van der Waals surface area (Å²) in [6.07, 6.45) is 4.95. The molecule has 0 aliphatic carbocycles. The van der Waals surface area contributed by atoms with Crippen LogP contribution in [0.4, 0.5) is 0 Å². The smallest absolute Gasteiger partial charge is 0.188 e. The number of aliphatic imine (C=N–C) groups is 1. The highest BCUT2D eigenvalue weighted by Gasteiger charge is 2.08. The summed E-state index contributed by atoms with van der Waals surface area (Å²) in [5, 5.41) is 4.31. The number of thiazole rings is 1. The van der Waals surface area contributed by atoms with Crippen LogP contribution in [0.2, 0.25) is 0 Å². The molecule has 8 heteroatoms. The maximum atomic E-state index is 5.88. The number of nitrogens with two attached hydrogens (primary N) is 1. The average molecular weight is 453 g/mol. The molecule has 2 heterocycles. The van der Waals surface area contributed by atoms with E-state index in [1.165, 1.54) is 4.88 Å². The van der Waals surface area contributed by atoms with Gasteiger partial charge in [-0.25, -0.2) is 4.98 Å². The molecular formula is C15H28IN5OS. The third-order valence-electron chi connectivity index (χ3n) is 3.61. The van der Waals surface area contributed by atoms with Crippen LogP contribution < -0.4 is 11.1 Å². The standard InChI is InChI=1S/C15H27N5OS.HI/c1-2-13-12-19-14(22-13)4-6-18-15(16)17-5-3-7-20-8-10-21-11-9-20;/h12H,2-11H2,1H3,(H3,16,17,18);1H. The fourth-order valence-corrected chi connectivity index (χ4v) is 3.16. The molecule has 1 aliphatic heterocycles. The summed E-state index contributed by atoms with van der Waals surface area (Å²) >= 11 is 1.77. The first-order valence-corrected chi connectivity index (χ1v) is 8.87. The summed E-state index contributed by atoms with van der Waals surface area (Å²) in [6, 6.07) is 0. The SMILES string of the molecule is CCc1cnc(CCNC(N)=NCCCN2CCOCC2)s1.I. The second kappa shape index (κ2) is 12.0. The molecule has 2 rings (SSSR count). The van der Waals surface area contributed by atoms with Gasteiger partial charge in [-0.05, 0) is 12.8 Å². The van der Waals surface area contributed by atoms with Gasteiger partial charge >= 0.3 is 0 Å². The number of hydrogen-bond donors (Lipinski definition) is 2. The molecule has 1 fully saturated rings. The third-order valence-corrected chi connectivity index (χ3v) is 4.81. The Morgan fingerprint density at radius 2 is 2.26 bits per heavy atom. The molecule has 3 N–H and O–H groups in total. The van der Waals surface area contributed by atoms with E-state index in [1.54, 1.807) is 11.3 Å². The minimum atomic E-state index is 0. The normalized spacial score (nSPS) is 16.1. The number of rotatable bonds is 8. The van der Waals surface area contributed by atoms with Gasteiger partial charge in [0.05, 0.1) is 18.2 Å². The summed E-state index contributed by atoms with van der Waals surface area (Å²) in [5.41, 5.74) is 5.88. The molecule has 6 nitrogen and oxygen atoms in total. The Labute approximate surface area is 159 Å². The van der Waals surface area contributed by atoms with E-state index < -0.39 is 0 Å². The van der Waals surface area contributed by atoms with Crippen LogP contribution in [-0.2, 0) is 17.6 Å². The lowest BCUT2D eigenvalue weighted by Crippen LogP contribution is -2.37. The number of ether oxygens (including phenoxy) is 1. The summed E-state index contributed by atoms with van der Waals surface area (Å²) in [7, 11) is 0. The zero-order valence-electron chi connectivity index (χ0n) is 13.8. The fourth-order valence-electron chi connectivity index (χ4n) is 2.30. The van der Waals surface area contributed by atoms with Gasteiger partial charge in [-0.2, -0.15) is 0 Å². The minimum Gasteiger partial charge on any atom is -0.379 e. The Hall–Kier alpha value is -0.450. The Kier molecular flexibility index (Phi) is 10.7. The molecule has 1 aromatic heterocycles. The zero-order valence-corrected chi connectivity index (χ0v) is 16.9. The molecule has 0 radical (unpaired) electrons. The quantitative estimate of drug-likeness (QED) is 0.270. The molecule has 23 heavy (non-hydrogen) atoms. The molecule has 1 saturated heterocycles. The molecular weight excluding hydrogens is 425 g/mol. The predicted octanol–water partition coefficient (Wildman–Crippen LogP) is 1.49. The summed E-state index contributed by atoms with van der Waals surface area (Å²) < 4.78 is 5.33. The number of nitrogens with one attached hydrogen (secondary N) is 1. The highest BCUT2D eigenvalue weighted by molar-refractivity contribution is 14.0. The number of hydrogen-bond acceptors (Lipinski definition) is 5. The van der Waals surface area contributed by atoms with Gasteiger partial charge in [0.2, 0.25) is 0 Å². The van der Waals surface area contributed by atoms with Crippen molar-refractivity contribution in [3.8, 4) is 0 Å². The van der Waals surface area contributed by atoms with Gasteiger partial charge in [0.15, 0.2) is 5.96 Å². The van der Waals surface area contributed by atoms with E-state index in [4.69, 9.17) is 10.5 Å². The second-order valence-electron chi connectivity index (χ2n) is 5.33. The van der Waals surface area contributed by atoms with Crippen LogP contribution in [-0.4, -0.2) is 61.8 Å². The number of aromatic nitrogens is 1. The Balaban J connectivity index is 0.00000264. The highest BCUT2D eigenvalue weighted by Crippen LogP contribution is 2.13. The topological polar surface area (TPSA) is 75.8 Å². The van der Waals surface area contributed by atoms with E-state index in [9.17, 15) is 0 Å². The molecule has 0 aromatic carbocycles. The first-order valence-electron chi connectivity index (χ1n) is 8.05. The minimum absolute atomic E-state index is 0. The average Bonchev–Trinajstić information content (AvgIpc) is 3.01. The maximum Gasteiger partial charge on any atom is 0.188 e. The lowest BCUT2D eigenvalue weighted by molar-refractivity contribution is 0.0377. The molecule has 0 amide bonds. The predicted molar refractivity (Wildman–Crippen MR) is 107 cm³/mol. The molecule has 0 spiro atoms. The fraction of sp³-hybridized carbons (Fsp3) is 0.733. The van der Waals surface area contributed by atoms with Crippen LogP contribution in [0.3, 0.4) is 0 Å². The van der Waals surface area contributed by atoms with Crippen molar-refractivity contribution in [1.29, 1.82) is 0 Å². The number of aryl methyl sites for hydroxylation is 1. The number of morpholine rings is 1. The van der Waals surface area contributed by atoms with E-state index in [-0.39, 0.29) is 24.0 Å². The van der Waals surface area contributed by atoms with Crippen molar-refractivity contribution in [3.05, 3.63) is 16.1 Å². The Morgan fingerprint density at radius 3 is 2.96 bits per heavy atom. The van der Waals surface area contributed by atoms with Crippen LogP contribution in [0.5, 0.6) is 0 Å². The second-order valence-corrected chi connectivity index (χ2v) is 6.52. The first kappa shape index (κ1) is 20.6. The van der Waals surface area contributed by atoms with Gasteiger partial charge in [-0.15, -0.1) is 35.3 Å². The highest BCUT2D eigenvalue weighted by atomic mass is 127. The summed E-state index contributed by atoms with van der Waals surface area (Å²) in [6.45, 7) is 8.54. The van der Waals surface area contributed by atoms with Gasteiger partial charge in [0.1, 0.15) is 0 Å². The van der Waals surface area contributed by atoms with Crippen molar-refractivity contribution in [3.63, 3.8) is 0 Å². The van der Waals surface area contributed by atoms with Gasteiger partial charge in [0, 0.05) is 50.2 Å². The third kappa shape index (κ3) is 8.27. The van der Waals surface area contributed by atoms with Gasteiger partial charge in [-0.3, -0.25) is 9.89 Å². The molecule has 132 valence electrons. The Morgan fingerprint density at radius 1 is 1.48 bits per heavy atom. The largest absolute Gasteiger partial charge is 0.379 e. The molecule has 0 unspecified atom stereocenters. The van der Waals surface area contributed by atoms with Crippen molar-refractivity contribution in [2.24, 2.45) is 10.7 Å². The summed E-state index contributed by atoms with van der Waals surface area (Å²) in [4.78, 5) is 12.5. The van der Waals surface area contributed by atoms with Crippen LogP contribution in [0.25, 0.3) is 0 Å². The van der Waals surface area contributed by atoms with Gasteiger partial charge in [-0.1, -0.05) is 6.92 Å². The van der Waals surface area contributed by atoms with E-state index in [0.717, 1.165) is 70.2 Å². The van der Waals surface area contributed by atoms with Crippen LogP contribution >= 0.6 is 35.3 Å². The monoisotopic (exact) mass is 453 g/mol. The first-order chi connectivity index (χ1) is 10.8. The van der Waals surface area contributed by atoms with Crippen molar-refractivity contribution in [2.45, 2.75) is 26.2 Å². The zero-order chi connectivity index (χ0) is 15.6. The van der Waals surface area contributed by atoms with Crippen LogP contribution in [0, 0.1) is 0 Å². The Bertz CT molecular complexity index is 462. The number of guanidine groups is 1. The van der Waals surface area contributed by atoms with Crippen molar-refractivity contribution < 1.29 is 4.74 Å². The lowest BCUT2D eigenvalue weighted by Gasteiger charge is -2.26. The van der Waals surface area contributed by atoms with Crippen molar-refractivity contribution in [2.75, 3.05) is 45.9 Å². The van der Waals surface area contributed by atoms with E-state index in [1.807, 2.05) is 6.20 Å². The van der Waals surface area contributed by atoms with E-state index >= 15 is 0 Å². The molecule has 0 atom stereocenters. The maximum absolute atomic E-state index is 5.88. The van der Waals surface area contributed by atoms with Crippen molar-refractivity contribution in [1.82, 2.24) is 15.2 Å². The van der Waals surface area contributed by atoms with Crippen LogP contribution in [0.15, 0.2) is 11.2 Å². The van der Waals surface area contributed by atoms with Gasteiger partial charge in [0.25, 0.3) is 0 Å². The molecule has 0 saturated carbocycles. The van der Waals surface area contributed by atoms with Crippen molar-refractivity contribution >= 4 is 41.3 Å².